The minimum atomic E-state index is -2.82. The maximum atomic E-state index is 12.0. The van der Waals surface area contributed by atoms with Crippen LogP contribution in [0.15, 0.2) is 24.3 Å². The van der Waals surface area contributed by atoms with Crippen LogP contribution in [0.2, 0.25) is 0 Å². The second-order valence-corrected chi connectivity index (χ2v) is 4.79. The van der Waals surface area contributed by atoms with Gasteiger partial charge in [0, 0.05) is 19.0 Å². The first-order chi connectivity index (χ1) is 10.0. The lowest BCUT2D eigenvalue weighted by atomic mass is 10.1. The normalized spacial score (nSPS) is 11.7. The lowest BCUT2D eigenvalue weighted by Gasteiger charge is -2.13. The molecule has 2 N–H and O–H groups in total. The average molecular weight is 337 g/mol. The Morgan fingerprint density at radius 3 is 2.45 bits per heavy atom. The van der Waals surface area contributed by atoms with Crippen molar-refractivity contribution >= 4 is 18.3 Å². The second kappa shape index (κ2) is 11.2. The summed E-state index contributed by atoms with van der Waals surface area (Å²) in [7, 11) is 0. The lowest BCUT2D eigenvalue weighted by Crippen LogP contribution is -2.38. The van der Waals surface area contributed by atoms with Gasteiger partial charge in [-0.2, -0.15) is 8.78 Å². The van der Waals surface area contributed by atoms with Crippen molar-refractivity contribution < 1.29 is 18.3 Å². The molecule has 0 aromatic heterocycles. The number of hydrogen-bond donors (Lipinski definition) is 2. The van der Waals surface area contributed by atoms with Gasteiger partial charge in [-0.25, -0.2) is 0 Å². The number of aryl methyl sites for hydroxylation is 1. The number of halogens is 3. The van der Waals surface area contributed by atoms with Crippen LogP contribution in [0.3, 0.4) is 0 Å². The highest BCUT2D eigenvalue weighted by molar-refractivity contribution is 5.85. The van der Waals surface area contributed by atoms with E-state index in [2.05, 4.69) is 15.4 Å². The van der Waals surface area contributed by atoms with Crippen LogP contribution in [0.5, 0.6) is 5.75 Å². The highest BCUT2D eigenvalue weighted by atomic mass is 35.5. The average Bonchev–Trinajstić information content (AvgIpc) is 2.44. The van der Waals surface area contributed by atoms with Gasteiger partial charge in [0.15, 0.2) is 0 Å². The van der Waals surface area contributed by atoms with E-state index in [4.69, 9.17) is 0 Å². The van der Waals surface area contributed by atoms with Crippen molar-refractivity contribution in [3.63, 3.8) is 0 Å². The highest BCUT2D eigenvalue weighted by Gasteiger charge is 2.06. The number of carbonyl (C=O) groups excluding carboxylic acids is 1. The third kappa shape index (κ3) is 8.79. The largest absolute Gasteiger partial charge is 0.435 e. The maximum Gasteiger partial charge on any atom is 0.387 e. The summed E-state index contributed by atoms with van der Waals surface area (Å²) in [6, 6.07) is 6.57. The molecule has 4 nitrogen and oxygen atoms in total. The van der Waals surface area contributed by atoms with Crippen molar-refractivity contribution in [2.45, 2.75) is 39.3 Å². The van der Waals surface area contributed by atoms with Crippen LogP contribution in [0.4, 0.5) is 8.78 Å². The summed E-state index contributed by atoms with van der Waals surface area (Å²) in [6.07, 6.45) is 0.935. The number of amides is 1. The molecular formula is C15H23ClF2N2O2. The summed E-state index contributed by atoms with van der Waals surface area (Å²) in [4.78, 5) is 11.7. The summed E-state index contributed by atoms with van der Waals surface area (Å²) in [6.45, 7) is 2.66. The molecule has 126 valence electrons. The second-order valence-electron chi connectivity index (χ2n) is 4.79. The third-order valence-corrected chi connectivity index (χ3v) is 2.95. The van der Waals surface area contributed by atoms with E-state index in [9.17, 15) is 13.6 Å². The molecule has 7 heteroatoms. The van der Waals surface area contributed by atoms with Gasteiger partial charge < -0.3 is 15.4 Å². The number of rotatable bonds is 9. The van der Waals surface area contributed by atoms with Gasteiger partial charge in [-0.1, -0.05) is 19.1 Å². The number of hydrogen-bond acceptors (Lipinski definition) is 3. The number of alkyl halides is 2. The van der Waals surface area contributed by atoms with Gasteiger partial charge in [0.05, 0.1) is 0 Å². The minimum absolute atomic E-state index is 0. The molecule has 1 rings (SSSR count). The zero-order chi connectivity index (χ0) is 15.7. The van der Waals surface area contributed by atoms with Gasteiger partial charge in [0.2, 0.25) is 5.91 Å². The van der Waals surface area contributed by atoms with Crippen LogP contribution in [0.25, 0.3) is 0 Å². The van der Waals surface area contributed by atoms with Crippen LogP contribution in [0, 0.1) is 0 Å². The van der Waals surface area contributed by atoms with Crippen molar-refractivity contribution in [3.05, 3.63) is 29.8 Å². The quantitative estimate of drug-likeness (QED) is 0.729. The molecular weight excluding hydrogens is 314 g/mol. The predicted molar refractivity (Wildman–Crippen MR) is 84.8 cm³/mol. The highest BCUT2D eigenvalue weighted by Crippen LogP contribution is 2.15. The van der Waals surface area contributed by atoms with E-state index in [1.807, 2.05) is 13.8 Å². The van der Waals surface area contributed by atoms with Crippen LogP contribution in [-0.2, 0) is 11.2 Å². The van der Waals surface area contributed by atoms with E-state index >= 15 is 0 Å². The van der Waals surface area contributed by atoms with Crippen molar-refractivity contribution in [1.82, 2.24) is 10.6 Å². The van der Waals surface area contributed by atoms with Gasteiger partial charge in [-0.3, -0.25) is 4.79 Å². The Balaban J connectivity index is 0.00000441. The molecule has 0 aliphatic heterocycles. The van der Waals surface area contributed by atoms with E-state index in [0.29, 0.717) is 19.4 Å². The van der Waals surface area contributed by atoms with Gasteiger partial charge >= 0.3 is 6.61 Å². The zero-order valence-electron chi connectivity index (χ0n) is 12.8. The Kier molecular flexibility index (Phi) is 10.5. The fraction of sp³-hybridized carbons (Fsp3) is 0.533. The molecule has 0 aliphatic rings. The molecule has 0 spiro atoms. The van der Waals surface area contributed by atoms with Crippen LogP contribution in [0.1, 0.15) is 25.8 Å². The molecule has 22 heavy (non-hydrogen) atoms. The van der Waals surface area contributed by atoms with Crippen molar-refractivity contribution in [2.75, 3.05) is 13.1 Å². The summed E-state index contributed by atoms with van der Waals surface area (Å²) < 4.78 is 28.3. The predicted octanol–water partition coefficient (Wildman–Crippen LogP) is 2.76. The summed E-state index contributed by atoms with van der Waals surface area (Å²) in [5.74, 6) is 0.102. The Hall–Kier alpha value is -1.40. The monoisotopic (exact) mass is 336 g/mol. The first kappa shape index (κ1) is 20.6. The maximum absolute atomic E-state index is 12.0. The number of nitrogens with one attached hydrogen (secondary N) is 2. The molecule has 0 fully saturated rings. The summed E-state index contributed by atoms with van der Waals surface area (Å²) in [5.41, 5.74) is 0.909. The first-order valence-electron chi connectivity index (χ1n) is 7.05. The summed E-state index contributed by atoms with van der Waals surface area (Å²) in [5, 5.41) is 6.06. The van der Waals surface area contributed by atoms with Crippen molar-refractivity contribution in [3.8, 4) is 5.75 Å². The van der Waals surface area contributed by atoms with Gasteiger partial charge in [-0.05, 0) is 37.6 Å². The summed E-state index contributed by atoms with van der Waals surface area (Å²) >= 11 is 0. The molecule has 0 unspecified atom stereocenters. The Morgan fingerprint density at radius 2 is 1.91 bits per heavy atom. The number of benzene rings is 1. The van der Waals surface area contributed by atoms with Crippen molar-refractivity contribution in [2.24, 2.45) is 0 Å². The fourth-order valence-corrected chi connectivity index (χ4v) is 1.87. The van der Waals surface area contributed by atoms with Gasteiger partial charge in [0.1, 0.15) is 5.75 Å². The molecule has 0 bridgehead atoms. The molecule has 1 amide bonds. The molecule has 0 aliphatic carbocycles. The number of carbonyl (C=O) groups is 1. The topological polar surface area (TPSA) is 50.4 Å². The molecule has 1 aromatic rings. The Labute approximate surface area is 136 Å². The first-order valence-corrected chi connectivity index (χ1v) is 7.05. The van der Waals surface area contributed by atoms with Crippen LogP contribution >= 0.6 is 12.4 Å². The van der Waals surface area contributed by atoms with Crippen LogP contribution in [-0.4, -0.2) is 31.7 Å². The fourth-order valence-electron chi connectivity index (χ4n) is 1.87. The lowest BCUT2D eigenvalue weighted by molar-refractivity contribution is -0.121. The molecule has 0 saturated heterocycles. The van der Waals surface area contributed by atoms with Crippen molar-refractivity contribution in [1.29, 1.82) is 0 Å². The smallest absolute Gasteiger partial charge is 0.387 e. The van der Waals surface area contributed by atoms with E-state index in [1.54, 1.807) is 12.1 Å². The standard InChI is InChI=1S/C15H22F2N2O2.ClH/c1-3-18-11(2)10-19-14(20)9-6-12-4-7-13(8-5-12)21-15(16)17;/h4-5,7-8,11,15,18H,3,6,9-10H2,1-2H3,(H,19,20);1H/t11-;/m1./s1. The number of ether oxygens (including phenoxy) is 1. The molecule has 0 radical (unpaired) electrons. The van der Waals surface area contributed by atoms with Crippen LogP contribution < -0.4 is 15.4 Å². The van der Waals surface area contributed by atoms with E-state index in [0.717, 1.165) is 12.1 Å². The third-order valence-electron chi connectivity index (χ3n) is 2.95. The van der Waals surface area contributed by atoms with E-state index < -0.39 is 6.61 Å². The van der Waals surface area contributed by atoms with Gasteiger partial charge in [0.25, 0.3) is 0 Å². The molecule has 1 aromatic carbocycles. The van der Waals surface area contributed by atoms with E-state index in [1.165, 1.54) is 12.1 Å². The molecule has 0 heterocycles. The zero-order valence-corrected chi connectivity index (χ0v) is 13.6. The molecule has 1 atom stereocenters. The SMILES string of the molecule is CCN[C@H](C)CNC(=O)CCc1ccc(OC(F)F)cc1.Cl. The number of likely N-dealkylation sites (N-methyl/N-ethyl adjacent to an activating group) is 1. The van der Waals surface area contributed by atoms with Gasteiger partial charge in [-0.15, -0.1) is 12.4 Å². The Morgan fingerprint density at radius 1 is 1.27 bits per heavy atom. The molecule has 0 saturated carbocycles. The Bertz CT molecular complexity index is 430. The van der Waals surface area contributed by atoms with E-state index in [-0.39, 0.29) is 30.1 Å². The minimum Gasteiger partial charge on any atom is -0.435 e.